The van der Waals surface area contributed by atoms with Gasteiger partial charge in [-0.25, -0.2) is 0 Å². The number of halogens is 1. The number of hydrogen-bond donors (Lipinski definition) is 1. The smallest absolute Gasteiger partial charge is 0.166 e. The van der Waals surface area contributed by atoms with Gasteiger partial charge in [-0.15, -0.1) is 12.4 Å². The summed E-state index contributed by atoms with van der Waals surface area (Å²) in [5, 5.41) is 3.53. The summed E-state index contributed by atoms with van der Waals surface area (Å²) in [6, 6.07) is 15.0. The fraction of sp³-hybridized carbons (Fsp3) is 0.429. The van der Waals surface area contributed by atoms with Gasteiger partial charge in [-0.2, -0.15) is 0 Å². The molecule has 0 aliphatic heterocycles. The zero-order chi connectivity index (χ0) is 17.4. The zero-order valence-corrected chi connectivity index (χ0v) is 16.5. The van der Waals surface area contributed by atoms with Crippen LogP contribution in [0.15, 0.2) is 42.5 Å². The van der Waals surface area contributed by atoms with Gasteiger partial charge in [0.1, 0.15) is 6.61 Å². The summed E-state index contributed by atoms with van der Waals surface area (Å²) >= 11 is 0. The van der Waals surface area contributed by atoms with Crippen LogP contribution in [-0.4, -0.2) is 12.6 Å². The van der Waals surface area contributed by atoms with Crippen molar-refractivity contribution < 1.29 is 9.47 Å². The first-order valence-electron chi connectivity index (χ1n) is 8.80. The molecule has 0 spiro atoms. The van der Waals surface area contributed by atoms with Crippen LogP contribution in [-0.2, 0) is 13.2 Å². The van der Waals surface area contributed by atoms with E-state index in [2.05, 4.69) is 56.4 Å². The second kappa shape index (κ2) is 11.0. The Kier molecular flexibility index (Phi) is 9.40. The molecule has 25 heavy (non-hydrogen) atoms. The van der Waals surface area contributed by atoms with E-state index in [0.29, 0.717) is 19.3 Å². The van der Waals surface area contributed by atoms with Crippen LogP contribution in [0.25, 0.3) is 0 Å². The lowest BCUT2D eigenvalue weighted by Gasteiger charge is -2.18. The quantitative estimate of drug-likeness (QED) is 0.657. The Labute approximate surface area is 158 Å². The van der Waals surface area contributed by atoms with Gasteiger partial charge in [-0.1, -0.05) is 48.9 Å². The van der Waals surface area contributed by atoms with Crippen LogP contribution >= 0.6 is 12.4 Å². The molecule has 0 amide bonds. The Balaban J connectivity index is 0.00000312. The average molecular weight is 364 g/mol. The van der Waals surface area contributed by atoms with E-state index in [9.17, 15) is 0 Å². The van der Waals surface area contributed by atoms with E-state index in [0.717, 1.165) is 35.6 Å². The second-order valence-corrected chi connectivity index (χ2v) is 6.14. The van der Waals surface area contributed by atoms with Crippen molar-refractivity contribution in [3.05, 3.63) is 59.2 Å². The highest BCUT2D eigenvalue weighted by Gasteiger charge is 2.12. The molecule has 1 unspecified atom stereocenters. The van der Waals surface area contributed by atoms with Crippen LogP contribution < -0.4 is 14.8 Å². The lowest BCUT2D eigenvalue weighted by molar-refractivity contribution is 0.265. The molecule has 0 aliphatic rings. The van der Waals surface area contributed by atoms with Gasteiger partial charge < -0.3 is 14.8 Å². The molecule has 4 heteroatoms. The normalized spacial score (nSPS) is 11.5. The van der Waals surface area contributed by atoms with Crippen molar-refractivity contribution in [1.82, 2.24) is 5.32 Å². The fourth-order valence-electron chi connectivity index (χ4n) is 2.40. The van der Waals surface area contributed by atoms with Gasteiger partial charge in [0.15, 0.2) is 11.5 Å². The maximum atomic E-state index is 6.15. The Morgan fingerprint density at radius 3 is 2.36 bits per heavy atom. The van der Waals surface area contributed by atoms with Crippen LogP contribution in [0.1, 0.15) is 43.9 Å². The number of benzene rings is 2. The van der Waals surface area contributed by atoms with E-state index in [4.69, 9.17) is 9.47 Å². The van der Waals surface area contributed by atoms with Crippen molar-refractivity contribution >= 4 is 12.4 Å². The molecule has 0 heterocycles. The van der Waals surface area contributed by atoms with E-state index >= 15 is 0 Å². The van der Waals surface area contributed by atoms with Gasteiger partial charge in [0, 0.05) is 18.2 Å². The molecule has 1 atom stereocenters. The Hall–Kier alpha value is -1.71. The summed E-state index contributed by atoms with van der Waals surface area (Å²) in [6.45, 7) is 10.4. The number of aryl methyl sites for hydroxylation is 1. The molecule has 2 aromatic rings. The topological polar surface area (TPSA) is 30.5 Å². The maximum absolute atomic E-state index is 6.15. The van der Waals surface area contributed by atoms with E-state index in [-0.39, 0.29) is 12.4 Å². The third kappa shape index (κ3) is 6.60. The Bertz CT molecular complexity index is 628. The third-order valence-electron chi connectivity index (χ3n) is 4.12. The third-order valence-corrected chi connectivity index (χ3v) is 4.12. The summed E-state index contributed by atoms with van der Waals surface area (Å²) < 4.78 is 11.9. The molecular formula is C21H30ClNO2. The number of nitrogens with one attached hydrogen (secondary N) is 1. The minimum Gasteiger partial charge on any atom is -0.490 e. The SMILES string of the molecule is CCOc1cccc(CNC(C)CC)c1OCc1ccc(C)cc1.Cl. The minimum atomic E-state index is 0. The van der Waals surface area contributed by atoms with Crippen molar-refractivity contribution in [1.29, 1.82) is 0 Å². The number of hydrogen-bond acceptors (Lipinski definition) is 3. The highest BCUT2D eigenvalue weighted by molar-refractivity contribution is 5.85. The second-order valence-electron chi connectivity index (χ2n) is 6.14. The van der Waals surface area contributed by atoms with E-state index in [1.165, 1.54) is 5.56 Å². The van der Waals surface area contributed by atoms with Crippen molar-refractivity contribution in [3.63, 3.8) is 0 Å². The van der Waals surface area contributed by atoms with Crippen molar-refractivity contribution in [2.24, 2.45) is 0 Å². The van der Waals surface area contributed by atoms with E-state index < -0.39 is 0 Å². The Morgan fingerprint density at radius 2 is 1.72 bits per heavy atom. The summed E-state index contributed by atoms with van der Waals surface area (Å²) in [5.41, 5.74) is 3.55. The van der Waals surface area contributed by atoms with Gasteiger partial charge in [0.05, 0.1) is 6.61 Å². The molecule has 2 aromatic carbocycles. The number of rotatable bonds is 9. The first kappa shape index (κ1) is 21.3. The zero-order valence-electron chi connectivity index (χ0n) is 15.7. The predicted molar refractivity (Wildman–Crippen MR) is 107 cm³/mol. The van der Waals surface area contributed by atoms with Gasteiger partial charge in [-0.3, -0.25) is 0 Å². The van der Waals surface area contributed by atoms with Crippen molar-refractivity contribution in [2.75, 3.05) is 6.61 Å². The lowest BCUT2D eigenvalue weighted by Crippen LogP contribution is -2.24. The van der Waals surface area contributed by atoms with Crippen LogP contribution in [0.2, 0.25) is 0 Å². The van der Waals surface area contributed by atoms with Crippen LogP contribution in [0, 0.1) is 6.92 Å². The van der Waals surface area contributed by atoms with Gasteiger partial charge in [-0.05, 0) is 38.8 Å². The monoisotopic (exact) mass is 363 g/mol. The summed E-state index contributed by atoms with van der Waals surface area (Å²) in [6.07, 6.45) is 1.10. The van der Waals surface area contributed by atoms with Crippen LogP contribution in [0.5, 0.6) is 11.5 Å². The maximum Gasteiger partial charge on any atom is 0.166 e. The van der Waals surface area contributed by atoms with Gasteiger partial charge in [0.25, 0.3) is 0 Å². The highest BCUT2D eigenvalue weighted by Crippen LogP contribution is 2.32. The van der Waals surface area contributed by atoms with E-state index in [1.807, 2.05) is 19.1 Å². The summed E-state index contributed by atoms with van der Waals surface area (Å²) in [5.74, 6) is 1.66. The standard InChI is InChI=1S/C21H29NO2.ClH/c1-5-17(4)22-14-19-8-7-9-20(23-6-2)21(19)24-15-18-12-10-16(3)11-13-18;/h7-13,17,22H,5-6,14-15H2,1-4H3;1H. The molecule has 0 fully saturated rings. The fourth-order valence-corrected chi connectivity index (χ4v) is 2.40. The van der Waals surface area contributed by atoms with E-state index in [1.54, 1.807) is 0 Å². The summed E-state index contributed by atoms with van der Waals surface area (Å²) in [7, 11) is 0. The molecule has 0 aromatic heterocycles. The molecule has 0 aliphatic carbocycles. The molecule has 3 nitrogen and oxygen atoms in total. The minimum absolute atomic E-state index is 0. The Morgan fingerprint density at radius 1 is 1.00 bits per heavy atom. The molecule has 138 valence electrons. The largest absolute Gasteiger partial charge is 0.490 e. The molecule has 0 saturated carbocycles. The van der Waals surface area contributed by atoms with Crippen LogP contribution in [0.3, 0.4) is 0 Å². The molecule has 0 bridgehead atoms. The molecule has 2 rings (SSSR count). The number of ether oxygens (including phenoxy) is 2. The summed E-state index contributed by atoms with van der Waals surface area (Å²) in [4.78, 5) is 0. The highest BCUT2D eigenvalue weighted by atomic mass is 35.5. The molecule has 0 radical (unpaired) electrons. The predicted octanol–water partition coefficient (Wildman–Crippen LogP) is 5.28. The van der Waals surface area contributed by atoms with Crippen LogP contribution in [0.4, 0.5) is 0 Å². The number of para-hydroxylation sites is 1. The van der Waals surface area contributed by atoms with Gasteiger partial charge >= 0.3 is 0 Å². The molecule has 1 N–H and O–H groups in total. The lowest BCUT2D eigenvalue weighted by atomic mass is 10.1. The van der Waals surface area contributed by atoms with Gasteiger partial charge in [0.2, 0.25) is 0 Å². The first-order chi connectivity index (χ1) is 11.6. The average Bonchev–Trinajstić information content (AvgIpc) is 2.60. The first-order valence-corrected chi connectivity index (χ1v) is 8.80. The molecular weight excluding hydrogens is 334 g/mol. The molecule has 0 saturated heterocycles. The van der Waals surface area contributed by atoms with Crippen molar-refractivity contribution in [3.8, 4) is 11.5 Å². The van der Waals surface area contributed by atoms with Crippen molar-refractivity contribution in [2.45, 2.75) is 53.3 Å².